The second kappa shape index (κ2) is 5.68. The summed E-state index contributed by atoms with van der Waals surface area (Å²) in [4.78, 5) is 26.1. The van der Waals surface area contributed by atoms with Gasteiger partial charge in [-0.2, -0.15) is 0 Å². The molecule has 1 aromatic rings. The number of carbonyl (C=O) groups is 2. The molecule has 98 valence electrons. The average molecular weight is 272 g/mol. The van der Waals surface area contributed by atoms with E-state index < -0.39 is 17.5 Å². The first kappa shape index (κ1) is 14.2. The third-order valence-corrected chi connectivity index (χ3v) is 2.60. The minimum atomic E-state index is -1.33. The van der Waals surface area contributed by atoms with Gasteiger partial charge in [0.25, 0.3) is 0 Å². The lowest BCUT2D eigenvalue weighted by Gasteiger charge is -2.21. The Morgan fingerprint density at radius 2 is 2.17 bits per heavy atom. The second-order valence-electron chi connectivity index (χ2n) is 4.20. The zero-order valence-electron chi connectivity index (χ0n) is 10.0. The second-order valence-corrected chi connectivity index (χ2v) is 4.61. The SMILES string of the molecule is CC(C)(NC(=O)NCc1ccncc1Cl)C(=O)O. The maximum absolute atomic E-state index is 11.5. The standard InChI is InChI=1S/C11H14ClN3O3/c1-11(2,9(16)17)15-10(18)14-5-7-3-4-13-6-8(7)12/h3-4,6H,5H2,1-2H3,(H,16,17)(H2,14,15,18). The van der Waals surface area contributed by atoms with Crippen LogP contribution in [-0.2, 0) is 11.3 Å². The molecule has 6 nitrogen and oxygen atoms in total. The Kier molecular flexibility index (Phi) is 4.49. The Labute approximate surface area is 109 Å². The molecular formula is C11H14ClN3O3. The zero-order valence-corrected chi connectivity index (χ0v) is 10.8. The number of carboxylic acids is 1. The molecule has 0 aromatic carbocycles. The molecule has 2 amide bonds. The molecule has 7 heteroatoms. The van der Waals surface area contributed by atoms with Gasteiger partial charge in [0, 0.05) is 18.9 Å². The van der Waals surface area contributed by atoms with E-state index in [-0.39, 0.29) is 6.54 Å². The summed E-state index contributed by atoms with van der Waals surface area (Å²) in [6.45, 7) is 2.99. The Balaban J connectivity index is 2.53. The normalized spacial score (nSPS) is 10.8. The van der Waals surface area contributed by atoms with Crippen LogP contribution in [0.3, 0.4) is 0 Å². The van der Waals surface area contributed by atoms with Crippen LogP contribution in [0.2, 0.25) is 5.02 Å². The van der Waals surface area contributed by atoms with Gasteiger partial charge in [0.15, 0.2) is 0 Å². The lowest BCUT2D eigenvalue weighted by molar-refractivity contribution is -0.142. The molecular weight excluding hydrogens is 258 g/mol. The van der Waals surface area contributed by atoms with Crippen molar-refractivity contribution in [3.8, 4) is 0 Å². The molecule has 0 fully saturated rings. The van der Waals surface area contributed by atoms with Crippen molar-refractivity contribution >= 4 is 23.6 Å². The van der Waals surface area contributed by atoms with Crippen molar-refractivity contribution in [3.63, 3.8) is 0 Å². The number of carbonyl (C=O) groups excluding carboxylic acids is 1. The topological polar surface area (TPSA) is 91.3 Å². The Hall–Kier alpha value is -1.82. The van der Waals surface area contributed by atoms with Gasteiger partial charge in [0.05, 0.1) is 5.02 Å². The number of amides is 2. The number of halogens is 1. The van der Waals surface area contributed by atoms with Gasteiger partial charge in [-0.25, -0.2) is 9.59 Å². The molecule has 3 N–H and O–H groups in total. The van der Waals surface area contributed by atoms with Gasteiger partial charge in [-0.15, -0.1) is 0 Å². The van der Waals surface area contributed by atoms with E-state index in [1.165, 1.54) is 20.0 Å². The lowest BCUT2D eigenvalue weighted by atomic mass is 10.1. The van der Waals surface area contributed by atoms with Crippen molar-refractivity contribution in [2.24, 2.45) is 0 Å². The molecule has 0 aliphatic carbocycles. The van der Waals surface area contributed by atoms with Gasteiger partial charge in [-0.3, -0.25) is 4.98 Å². The Morgan fingerprint density at radius 1 is 1.50 bits per heavy atom. The molecule has 0 spiro atoms. The van der Waals surface area contributed by atoms with E-state index in [4.69, 9.17) is 16.7 Å². The fourth-order valence-electron chi connectivity index (χ4n) is 1.10. The molecule has 0 aliphatic heterocycles. The number of nitrogens with one attached hydrogen (secondary N) is 2. The predicted octanol–water partition coefficient (Wildman–Crippen LogP) is 1.40. The highest BCUT2D eigenvalue weighted by Crippen LogP contribution is 2.12. The maximum Gasteiger partial charge on any atom is 0.328 e. The van der Waals surface area contributed by atoms with Crippen molar-refractivity contribution < 1.29 is 14.7 Å². The van der Waals surface area contributed by atoms with Crippen LogP contribution in [0.25, 0.3) is 0 Å². The summed E-state index contributed by atoms with van der Waals surface area (Å²) in [5.74, 6) is -1.11. The third kappa shape index (κ3) is 3.89. The van der Waals surface area contributed by atoms with Crippen molar-refractivity contribution in [3.05, 3.63) is 29.0 Å². The summed E-state index contributed by atoms with van der Waals surface area (Å²) in [7, 11) is 0. The number of rotatable bonds is 4. The lowest BCUT2D eigenvalue weighted by Crippen LogP contribution is -2.53. The number of carboxylic acid groups (broad SMARTS) is 1. The van der Waals surface area contributed by atoms with Crippen LogP contribution in [0.15, 0.2) is 18.5 Å². The summed E-state index contributed by atoms with van der Waals surface area (Å²) in [5, 5.41) is 14.2. The number of aliphatic carboxylic acids is 1. The van der Waals surface area contributed by atoms with Crippen LogP contribution in [0.5, 0.6) is 0 Å². The monoisotopic (exact) mass is 271 g/mol. The molecule has 0 bridgehead atoms. The van der Waals surface area contributed by atoms with E-state index in [1.54, 1.807) is 12.3 Å². The molecule has 0 atom stereocenters. The highest BCUT2D eigenvalue weighted by molar-refractivity contribution is 6.31. The molecule has 0 aliphatic rings. The van der Waals surface area contributed by atoms with Gasteiger partial charge >= 0.3 is 12.0 Å². The minimum Gasteiger partial charge on any atom is -0.480 e. The van der Waals surface area contributed by atoms with Crippen molar-refractivity contribution in [2.45, 2.75) is 25.9 Å². The maximum atomic E-state index is 11.5. The van der Waals surface area contributed by atoms with Gasteiger partial charge < -0.3 is 15.7 Å². The Bertz CT molecular complexity index is 463. The first-order chi connectivity index (χ1) is 8.33. The summed E-state index contributed by atoms with van der Waals surface area (Å²) in [5.41, 5.74) is -0.624. The van der Waals surface area contributed by atoms with Crippen molar-refractivity contribution in [1.29, 1.82) is 0 Å². The summed E-state index contributed by atoms with van der Waals surface area (Å²) < 4.78 is 0. The fourth-order valence-corrected chi connectivity index (χ4v) is 1.29. The summed E-state index contributed by atoms with van der Waals surface area (Å²) >= 11 is 5.86. The molecule has 1 rings (SSSR count). The van der Waals surface area contributed by atoms with Gasteiger partial charge in [0.2, 0.25) is 0 Å². The van der Waals surface area contributed by atoms with Gasteiger partial charge in [0.1, 0.15) is 5.54 Å². The Morgan fingerprint density at radius 3 is 2.72 bits per heavy atom. The van der Waals surface area contributed by atoms with Crippen LogP contribution in [0.1, 0.15) is 19.4 Å². The smallest absolute Gasteiger partial charge is 0.328 e. The summed E-state index contributed by atoms with van der Waals surface area (Å²) in [6, 6.07) is 1.10. The number of hydrogen-bond donors (Lipinski definition) is 3. The van der Waals surface area contributed by atoms with E-state index in [0.29, 0.717) is 10.6 Å². The van der Waals surface area contributed by atoms with E-state index in [2.05, 4.69) is 15.6 Å². The number of aromatic nitrogens is 1. The first-order valence-electron chi connectivity index (χ1n) is 5.21. The number of urea groups is 1. The molecule has 0 unspecified atom stereocenters. The average Bonchev–Trinajstić information content (AvgIpc) is 2.27. The minimum absolute atomic E-state index is 0.197. The van der Waals surface area contributed by atoms with Crippen LogP contribution in [0.4, 0.5) is 4.79 Å². The van der Waals surface area contributed by atoms with Crippen LogP contribution in [-0.4, -0.2) is 27.6 Å². The molecule has 0 radical (unpaired) electrons. The van der Waals surface area contributed by atoms with Crippen molar-refractivity contribution in [2.75, 3.05) is 0 Å². The van der Waals surface area contributed by atoms with Crippen LogP contribution < -0.4 is 10.6 Å². The van der Waals surface area contributed by atoms with Crippen molar-refractivity contribution in [1.82, 2.24) is 15.6 Å². The quantitative estimate of drug-likeness (QED) is 0.772. The van der Waals surface area contributed by atoms with E-state index in [1.807, 2.05) is 0 Å². The first-order valence-corrected chi connectivity index (χ1v) is 5.58. The van der Waals surface area contributed by atoms with Gasteiger partial charge in [-0.1, -0.05) is 11.6 Å². The highest BCUT2D eigenvalue weighted by Gasteiger charge is 2.28. The fraction of sp³-hybridized carbons (Fsp3) is 0.364. The molecule has 0 saturated heterocycles. The number of pyridine rings is 1. The van der Waals surface area contributed by atoms with E-state index in [9.17, 15) is 9.59 Å². The van der Waals surface area contributed by atoms with Gasteiger partial charge in [-0.05, 0) is 25.5 Å². The predicted molar refractivity (Wildman–Crippen MR) is 66.3 cm³/mol. The largest absolute Gasteiger partial charge is 0.480 e. The number of nitrogens with zero attached hydrogens (tertiary/aromatic N) is 1. The molecule has 18 heavy (non-hydrogen) atoms. The molecule has 0 saturated carbocycles. The van der Waals surface area contributed by atoms with E-state index >= 15 is 0 Å². The van der Waals surface area contributed by atoms with E-state index in [0.717, 1.165) is 0 Å². The van der Waals surface area contributed by atoms with Crippen LogP contribution >= 0.6 is 11.6 Å². The highest BCUT2D eigenvalue weighted by atomic mass is 35.5. The molecule has 1 heterocycles. The molecule has 1 aromatic heterocycles. The number of hydrogen-bond acceptors (Lipinski definition) is 3. The van der Waals surface area contributed by atoms with Crippen LogP contribution in [0, 0.1) is 0 Å². The summed E-state index contributed by atoms with van der Waals surface area (Å²) in [6.07, 6.45) is 3.03. The zero-order chi connectivity index (χ0) is 13.8. The third-order valence-electron chi connectivity index (χ3n) is 2.26.